The van der Waals surface area contributed by atoms with Crippen LogP contribution in [0, 0.1) is 0 Å². The van der Waals surface area contributed by atoms with Gasteiger partial charge in [-0.1, -0.05) is 55.3 Å². The fourth-order valence-corrected chi connectivity index (χ4v) is 2.42. The van der Waals surface area contributed by atoms with Crippen LogP contribution in [0.5, 0.6) is 0 Å². The van der Waals surface area contributed by atoms with Gasteiger partial charge in [0.05, 0.1) is 6.04 Å². The second kappa shape index (κ2) is 7.73. The molecule has 1 unspecified atom stereocenters. The van der Waals surface area contributed by atoms with Gasteiger partial charge in [0.25, 0.3) is 0 Å². The van der Waals surface area contributed by atoms with Crippen molar-refractivity contribution < 1.29 is 9.53 Å². The van der Waals surface area contributed by atoms with Crippen LogP contribution in [0.25, 0.3) is 0 Å². The van der Waals surface area contributed by atoms with E-state index in [1.165, 1.54) is 19.3 Å². The van der Waals surface area contributed by atoms with Crippen LogP contribution in [-0.2, 0) is 11.3 Å². The highest BCUT2D eigenvalue weighted by atomic mass is 16.6. The Bertz CT molecular complexity index is 442. The van der Waals surface area contributed by atoms with Gasteiger partial charge in [-0.05, 0) is 24.8 Å². The quantitative estimate of drug-likeness (QED) is 0.774. The fourth-order valence-electron chi connectivity index (χ4n) is 2.42. The van der Waals surface area contributed by atoms with Crippen molar-refractivity contribution >= 4 is 6.09 Å². The zero-order valence-electron chi connectivity index (χ0n) is 12.1. The molecule has 1 aliphatic carbocycles. The average molecular weight is 273 g/mol. The Kier molecular flexibility index (Phi) is 5.66. The molecule has 0 fully saturated rings. The van der Waals surface area contributed by atoms with Gasteiger partial charge in [-0.15, -0.1) is 0 Å². The molecule has 0 heterocycles. The van der Waals surface area contributed by atoms with E-state index in [0.29, 0.717) is 6.61 Å². The Balaban J connectivity index is 1.85. The first-order chi connectivity index (χ1) is 9.77. The van der Waals surface area contributed by atoms with Crippen molar-refractivity contribution in [2.45, 2.75) is 44.8 Å². The maximum absolute atomic E-state index is 12.1. The second-order valence-electron chi connectivity index (χ2n) is 5.28. The predicted octanol–water partition coefficient (Wildman–Crippen LogP) is 4.14. The van der Waals surface area contributed by atoms with E-state index in [1.54, 1.807) is 4.90 Å². The van der Waals surface area contributed by atoms with Gasteiger partial charge in [0.1, 0.15) is 6.61 Å². The molecule has 108 valence electrons. The Labute approximate surface area is 121 Å². The van der Waals surface area contributed by atoms with Crippen LogP contribution >= 0.6 is 0 Å². The Morgan fingerprint density at radius 3 is 2.85 bits per heavy atom. The SMILES string of the molecule is CN(C(=O)OCc1ccccc1)C1/C=C/CCCCC1. The molecule has 0 spiro atoms. The normalized spacial score (nSPS) is 20.6. The van der Waals surface area contributed by atoms with Gasteiger partial charge in [0.15, 0.2) is 0 Å². The van der Waals surface area contributed by atoms with Crippen LogP contribution in [0.1, 0.15) is 37.7 Å². The minimum absolute atomic E-state index is 0.165. The van der Waals surface area contributed by atoms with E-state index in [-0.39, 0.29) is 12.1 Å². The van der Waals surface area contributed by atoms with Crippen molar-refractivity contribution in [3.8, 4) is 0 Å². The van der Waals surface area contributed by atoms with Crippen LogP contribution in [0.15, 0.2) is 42.5 Å². The highest BCUT2D eigenvalue weighted by Crippen LogP contribution is 2.16. The number of carbonyl (C=O) groups excluding carboxylic acids is 1. The summed E-state index contributed by atoms with van der Waals surface area (Å²) in [5, 5.41) is 0. The number of rotatable bonds is 3. The summed E-state index contributed by atoms with van der Waals surface area (Å²) in [5.74, 6) is 0. The smallest absolute Gasteiger partial charge is 0.410 e. The summed E-state index contributed by atoms with van der Waals surface area (Å²) < 4.78 is 5.37. The molecule has 3 heteroatoms. The van der Waals surface area contributed by atoms with Crippen LogP contribution in [0.3, 0.4) is 0 Å². The summed E-state index contributed by atoms with van der Waals surface area (Å²) in [5.41, 5.74) is 1.02. The number of likely N-dealkylation sites (N-methyl/N-ethyl adjacent to an activating group) is 1. The maximum atomic E-state index is 12.1. The van der Waals surface area contributed by atoms with Crippen molar-refractivity contribution in [3.63, 3.8) is 0 Å². The van der Waals surface area contributed by atoms with E-state index in [1.807, 2.05) is 37.4 Å². The third-order valence-electron chi connectivity index (χ3n) is 3.72. The number of ether oxygens (including phenoxy) is 1. The summed E-state index contributed by atoms with van der Waals surface area (Å²) >= 11 is 0. The highest BCUT2D eigenvalue weighted by molar-refractivity contribution is 5.68. The number of carbonyl (C=O) groups is 1. The molecule has 0 bridgehead atoms. The first-order valence-corrected chi connectivity index (χ1v) is 7.37. The van der Waals surface area contributed by atoms with Crippen molar-refractivity contribution in [3.05, 3.63) is 48.0 Å². The highest BCUT2D eigenvalue weighted by Gasteiger charge is 2.19. The first kappa shape index (κ1) is 14.6. The molecular formula is C17H23NO2. The van der Waals surface area contributed by atoms with Gasteiger partial charge in [0.2, 0.25) is 0 Å². The Morgan fingerprint density at radius 1 is 1.25 bits per heavy atom. The molecule has 1 aromatic carbocycles. The second-order valence-corrected chi connectivity index (χ2v) is 5.28. The number of benzene rings is 1. The van der Waals surface area contributed by atoms with Gasteiger partial charge in [-0.25, -0.2) is 4.79 Å². The molecule has 0 aromatic heterocycles. The van der Waals surface area contributed by atoms with Gasteiger partial charge >= 0.3 is 6.09 Å². The lowest BCUT2D eigenvalue weighted by Gasteiger charge is -2.26. The molecule has 1 aromatic rings. The molecule has 1 aliphatic rings. The topological polar surface area (TPSA) is 29.5 Å². The molecule has 0 aliphatic heterocycles. The van der Waals surface area contributed by atoms with E-state index in [2.05, 4.69) is 12.2 Å². The molecule has 0 saturated heterocycles. The van der Waals surface area contributed by atoms with Gasteiger partial charge in [-0.3, -0.25) is 0 Å². The summed E-state index contributed by atoms with van der Waals surface area (Å²) in [6.07, 6.45) is 9.89. The number of hydrogen-bond donors (Lipinski definition) is 0. The van der Waals surface area contributed by atoms with E-state index in [9.17, 15) is 4.79 Å². The number of allylic oxidation sites excluding steroid dienone is 1. The average Bonchev–Trinajstić information content (AvgIpc) is 2.45. The fraction of sp³-hybridized carbons (Fsp3) is 0.471. The first-order valence-electron chi connectivity index (χ1n) is 7.37. The summed E-state index contributed by atoms with van der Waals surface area (Å²) in [4.78, 5) is 13.8. The van der Waals surface area contributed by atoms with E-state index >= 15 is 0 Å². The van der Waals surface area contributed by atoms with Gasteiger partial charge in [0, 0.05) is 7.05 Å². The van der Waals surface area contributed by atoms with Gasteiger partial charge < -0.3 is 9.64 Å². The molecule has 3 nitrogen and oxygen atoms in total. The Hall–Kier alpha value is -1.77. The molecule has 1 amide bonds. The molecule has 20 heavy (non-hydrogen) atoms. The maximum Gasteiger partial charge on any atom is 0.410 e. The lowest BCUT2D eigenvalue weighted by Crippen LogP contribution is -2.36. The van der Waals surface area contributed by atoms with Gasteiger partial charge in [-0.2, -0.15) is 0 Å². The monoisotopic (exact) mass is 273 g/mol. The molecule has 0 saturated carbocycles. The van der Waals surface area contributed by atoms with Crippen molar-refractivity contribution in [2.75, 3.05) is 7.05 Å². The Morgan fingerprint density at radius 2 is 2.05 bits per heavy atom. The van der Waals surface area contributed by atoms with Crippen LogP contribution < -0.4 is 0 Å². The zero-order chi connectivity index (χ0) is 14.2. The number of hydrogen-bond acceptors (Lipinski definition) is 2. The molecule has 2 rings (SSSR count). The molecular weight excluding hydrogens is 250 g/mol. The predicted molar refractivity (Wildman–Crippen MR) is 80.4 cm³/mol. The van der Waals surface area contributed by atoms with Crippen molar-refractivity contribution in [2.24, 2.45) is 0 Å². The standard InChI is InChI=1S/C17H23NO2/c1-18(16-12-8-3-2-4-9-13-16)17(19)20-14-15-10-6-5-7-11-15/h5-8,10-12,16H,2-4,9,13-14H2,1H3/b12-8+. The minimum Gasteiger partial charge on any atom is -0.445 e. The molecule has 0 N–H and O–H groups in total. The largest absolute Gasteiger partial charge is 0.445 e. The zero-order valence-corrected chi connectivity index (χ0v) is 12.1. The summed E-state index contributed by atoms with van der Waals surface area (Å²) in [7, 11) is 1.82. The van der Waals surface area contributed by atoms with Crippen LogP contribution in [0.2, 0.25) is 0 Å². The lowest BCUT2D eigenvalue weighted by atomic mass is 10.0. The number of nitrogens with zero attached hydrogens (tertiary/aromatic N) is 1. The van der Waals surface area contributed by atoms with E-state index in [0.717, 1.165) is 18.4 Å². The summed E-state index contributed by atoms with van der Waals surface area (Å²) in [6, 6.07) is 9.94. The molecule has 0 radical (unpaired) electrons. The summed E-state index contributed by atoms with van der Waals surface area (Å²) in [6.45, 7) is 0.334. The number of amides is 1. The van der Waals surface area contributed by atoms with Crippen LogP contribution in [-0.4, -0.2) is 24.1 Å². The van der Waals surface area contributed by atoms with E-state index < -0.39 is 0 Å². The van der Waals surface area contributed by atoms with Crippen LogP contribution in [0.4, 0.5) is 4.79 Å². The third kappa shape index (κ3) is 4.41. The van der Waals surface area contributed by atoms with Crippen molar-refractivity contribution in [1.29, 1.82) is 0 Å². The third-order valence-corrected chi connectivity index (χ3v) is 3.72. The molecule has 1 atom stereocenters. The minimum atomic E-state index is -0.246. The van der Waals surface area contributed by atoms with E-state index in [4.69, 9.17) is 4.74 Å². The van der Waals surface area contributed by atoms with Crippen molar-refractivity contribution in [1.82, 2.24) is 4.90 Å². The lowest BCUT2D eigenvalue weighted by molar-refractivity contribution is 0.0954.